The van der Waals surface area contributed by atoms with Gasteiger partial charge in [0, 0.05) is 17.7 Å². The van der Waals surface area contributed by atoms with Gasteiger partial charge in [0.1, 0.15) is 12.4 Å². The fourth-order valence-corrected chi connectivity index (χ4v) is 4.75. The number of hydrogen-bond donors (Lipinski definition) is 2. The molecule has 0 aliphatic carbocycles. The number of rotatable bonds is 8. The highest BCUT2D eigenvalue weighted by molar-refractivity contribution is 7.09. The van der Waals surface area contributed by atoms with Gasteiger partial charge in [0.05, 0.1) is 36.4 Å². The minimum atomic E-state index is -5.23. The van der Waals surface area contributed by atoms with Crippen molar-refractivity contribution < 1.29 is 50.5 Å². The van der Waals surface area contributed by atoms with Gasteiger partial charge in [0.15, 0.2) is 4.80 Å². The largest absolute Gasteiger partial charge is 0.491 e. The molecule has 1 aromatic carbocycles. The predicted octanol–water partition coefficient (Wildman–Crippen LogP) is 4.20. The lowest BCUT2D eigenvalue weighted by atomic mass is 9.95. The molecular formula is C25H29F6N3O5S. The second-order valence-electron chi connectivity index (χ2n) is 10.2. The maximum atomic E-state index is 13.5. The van der Waals surface area contributed by atoms with Crippen LogP contribution in [0.3, 0.4) is 0 Å². The molecule has 1 aliphatic heterocycles. The number of aliphatic hydroxyl groups excluding tert-OH is 1. The monoisotopic (exact) mass is 597 g/mol. The van der Waals surface area contributed by atoms with Crippen molar-refractivity contribution in [1.29, 1.82) is 0 Å². The van der Waals surface area contributed by atoms with E-state index >= 15 is 0 Å². The lowest BCUT2D eigenvalue weighted by Crippen LogP contribution is -2.47. The van der Waals surface area contributed by atoms with Gasteiger partial charge in [-0.15, -0.1) is 11.3 Å². The first-order chi connectivity index (χ1) is 18.5. The van der Waals surface area contributed by atoms with Gasteiger partial charge in [-0.05, 0) is 36.5 Å². The highest BCUT2D eigenvalue weighted by Crippen LogP contribution is 2.33. The van der Waals surface area contributed by atoms with Crippen LogP contribution in [-0.4, -0.2) is 59.6 Å². The number of alkyl halides is 6. The molecule has 0 spiro atoms. The van der Waals surface area contributed by atoms with Crippen molar-refractivity contribution in [3.63, 3.8) is 0 Å². The number of hydrogen-bond acceptors (Lipinski definition) is 6. The molecule has 0 bridgehead atoms. The topological polar surface area (TPSA) is 102 Å². The van der Waals surface area contributed by atoms with Crippen LogP contribution in [0.4, 0.5) is 26.3 Å². The summed E-state index contributed by atoms with van der Waals surface area (Å²) in [5.74, 6) is -3.83. The van der Waals surface area contributed by atoms with Crippen molar-refractivity contribution in [3.05, 3.63) is 45.2 Å². The first-order valence-corrected chi connectivity index (χ1v) is 13.0. The normalized spacial score (nSPS) is 17.6. The molecule has 1 fully saturated rings. The summed E-state index contributed by atoms with van der Waals surface area (Å²) in [7, 11) is 0. The zero-order valence-corrected chi connectivity index (χ0v) is 22.7. The Morgan fingerprint density at radius 3 is 2.48 bits per heavy atom. The summed E-state index contributed by atoms with van der Waals surface area (Å²) in [6.07, 6.45) is -6.68. The van der Waals surface area contributed by atoms with E-state index in [0.29, 0.717) is 25.3 Å². The first kappa shape index (κ1) is 31.6. The van der Waals surface area contributed by atoms with Crippen LogP contribution in [0.1, 0.15) is 54.4 Å². The van der Waals surface area contributed by atoms with Gasteiger partial charge in [-0.1, -0.05) is 20.8 Å². The molecule has 3 rings (SSSR count). The van der Waals surface area contributed by atoms with E-state index < -0.39 is 60.3 Å². The number of ether oxygens (including phenoxy) is 2. The zero-order valence-electron chi connectivity index (χ0n) is 21.9. The Hall–Kier alpha value is -2.91. The van der Waals surface area contributed by atoms with Crippen LogP contribution >= 0.6 is 11.3 Å². The average Bonchev–Trinajstić information content (AvgIpc) is 3.50. The van der Waals surface area contributed by atoms with Crippen LogP contribution in [0, 0.1) is 0 Å². The number of carbonyl (C=O) groups excluding carboxylic acids is 2. The molecule has 2 N–H and O–H groups in total. The quantitative estimate of drug-likeness (QED) is 0.445. The molecular weight excluding hydrogens is 568 g/mol. The summed E-state index contributed by atoms with van der Waals surface area (Å²) in [5.41, 5.74) is -2.08. The predicted molar refractivity (Wildman–Crippen MR) is 132 cm³/mol. The SMILES string of the molecule is CC(C)(C)c1cn(C[C@H]2CCCO2)c(=NC(=O)c2cc(C(F)(F)F)ccc2OC[C@H](CO)NC(=O)C(F)(F)F)s1. The summed E-state index contributed by atoms with van der Waals surface area (Å²) < 4.78 is 90.8. The van der Waals surface area contributed by atoms with E-state index in [0.717, 1.165) is 23.8 Å². The molecule has 222 valence electrons. The van der Waals surface area contributed by atoms with Gasteiger partial charge in [-0.3, -0.25) is 9.59 Å². The number of nitrogens with one attached hydrogen (secondary N) is 1. The van der Waals surface area contributed by atoms with Crippen molar-refractivity contribution in [3.8, 4) is 5.75 Å². The number of halogens is 6. The maximum Gasteiger partial charge on any atom is 0.471 e. The van der Waals surface area contributed by atoms with E-state index in [9.17, 15) is 41.0 Å². The molecule has 1 aliphatic rings. The first-order valence-electron chi connectivity index (χ1n) is 12.2. The van der Waals surface area contributed by atoms with E-state index in [1.165, 1.54) is 16.7 Å². The lowest BCUT2D eigenvalue weighted by molar-refractivity contribution is -0.174. The Morgan fingerprint density at radius 2 is 1.93 bits per heavy atom. The molecule has 15 heteroatoms. The molecule has 0 saturated carbocycles. The third-order valence-corrected chi connectivity index (χ3v) is 7.32. The zero-order chi connectivity index (χ0) is 29.9. The molecule has 40 heavy (non-hydrogen) atoms. The molecule has 0 unspecified atom stereocenters. The fourth-order valence-electron chi connectivity index (χ4n) is 3.70. The molecule has 1 aromatic heterocycles. The van der Waals surface area contributed by atoms with Crippen molar-refractivity contribution in [2.75, 3.05) is 19.8 Å². The summed E-state index contributed by atoms with van der Waals surface area (Å²) in [5, 5.41) is 10.9. The molecule has 0 radical (unpaired) electrons. The van der Waals surface area contributed by atoms with E-state index in [1.807, 2.05) is 27.0 Å². The summed E-state index contributed by atoms with van der Waals surface area (Å²) in [6.45, 7) is 5.09. The highest BCUT2D eigenvalue weighted by atomic mass is 32.1. The molecule has 2 aromatic rings. The minimum Gasteiger partial charge on any atom is -0.491 e. The second-order valence-corrected chi connectivity index (χ2v) is 11.2. The standard InChI is InChI=1S/C25H29F6N3O5S/c1-23(2,3)19-11-34(10-16-5-4-8-38-16)22(40-19)33-20(36)17-9-14(24(26,27)28)6-7-18(17)39-13-15(12-35)32-21(37)25(29,30)31/h6-7,9,11,15-16,35H,4-5,8,10,12-13H2,1-3H3,(H,32,37)/t15-,16+/m0/s1. The Balaban J connectivity index is 1.98. The van der Waals surface area contributed by atoms with Gasteiger partial charge in [0.2, 0.25) is 0 Å². The Bertz CT molecular complexity index is 1270. The Labute approximate surface area is 229 Å². The fraction of sp³-hybridized carbons (Fsp3) is 0.560. The van der Waals surface area contributed by atoms with Crippen LogP contribution in [0.15, 0.2) is 29.4 Å². The Kier molecular flexibility index (Phi) is 9.73. The number of benzene rings is 1. The van der Waals surface area contributed by atoms with Gasteiger partial charge in [0.25, 0.3) is 5.91 Å². The Morgan fingerprint density at radius 1 is 1.23 bits per heavy atom. The summed E-state index contributed by atoms with van der Waals surface area (Å²) in [4.78, 5) is 29.6. The number of carbonyl (C=O) groups is 2. The number of nitrogens with zero attached hydrogens (tertiary/aromatic N) is 2. The van der Waals surface area contributed by atoms with Crippen LogP contribution in [0.2, 0.25) is 0 Å². The molecule has 2 heterocycles. The third-order valence-electron chi connectivity index (χ3n) is 5.87. The van der Waals surface area contributed by atoms with Crippen LogP contribution in [0.25, 0.3) is 0 Å². The van der Waals surface area contributed by atoms with Gasteiger partial charge >= 0.3 is 18.3 Å². The molecule has 8 nitrogen and oxygen atoms in total. The second kappa shape index (κ2) is 12.3. The van der Waals surface area contributed by atoms with Crippen LogP contribution in [0.5, 0.6) is 5.75 Å². The smallest absolute Gasteiger partial charge is 0.471 e. The highest BCUT2D eigenvalue weighted by Gasteiger charge is 2.40. The molecule has 2 amide bonds. The van der Waals surface area contributed by atoms with Crippen molar-refractivity contribution >= 4 is 23.2 Å². The van der Waals surface area contributed by atoms with E-state index in [1.54, 1.807) is 4.57 Å². The lowest BCUT2D eigenvalue weighted by Gasteiger charge is -2.19. The number of aromatic nitrogens is 1. The third kappa shape index (κ3) is 8.30. The number of thiazole rings is 1. The van der Waals surface area contributed by atoms with Gasteiger partial charge in [-0.25, -0.2) is 0 Å². The van der Waals surface area contributed by atoms with E-state index in [2.05, 4.69) is 4.99 Å². The molecule has 1 saturated heterocycles. The summed E-state index contributed by atoms with van der Waals surface area (Å²) >= 11 is 1.19. The van der Waals surface area contributed by atoms with E-state index in [4.69, 9.17) is 9.47 Å². The van der Waals surface area contributed by atoms with Crippen LogP contribution in [-0.2, 0) is 27.7 Å². The minimum absolute atomic E-state index is 0.119. The average molecular weight is 598 g/mol. The molecule has 2 atom stereocenters. The van der Waals surface area contributed by atoms with Crippen LogP contribution < -0.4 is 14.9 Å². The van der Waals surface area contributed by atoms with Crippen molar-refractivity contribution in [2.24, 2.45) is 4.99 Å². The number of amides is 2. The van der Waals surface area contributed by atoms with Crippen molar-refractivity contribution in [1.82, 2.24) is 9.88 Å². The number of aliphatic hydroxyl groups is 1. The van der Waals surface area contributed by atoms with Gasteiger partial charge in [-0.2, -0.15) is 31.3 Å². The maximum absolute atomic E-state index is 13.5. The van der Waals surface area contributed by atoms with E-state index in [-0.39, 0.29) is 16.3 Å². The van der Waals surface area contributed by atoms with Crippen molar-refractivity contribution in [2.45, 2.75) is 70.1 Å². The van der Waals surface area contributed by atoms with Gasteiger partial charge < -0.3 is 24.5 Å². The summed E-state index contributed by atoms with van der Waals surface area (Å²) in [6, 6.07) is 0.443.